The van der Waals surface area contributed by atoms with Crippen molar-refractivity contribution in [2.24, 2.45) is 0 Å². The molecule has 3 aromatic heterocycles. The van der Waals surface area contributed by atoms with E-state index < -0.39 is 0 Å². The number of anilines is 3. The zero-order chi connectivity index (χ0) is 23.5. The molecular weight excluding hydrogens is 430 g/mol. The van der Waals surface area contributed by atoms with Crippen molar-refractivity contribution in [2.75, 3.05) is 10.6 Å². The van der Waals surface area contributed by atoms with Crippen LogP contribution >= 0.6 is 0 Å². The fourth-order valence-corrected chi connectivity index (χ4v) is 3.48. The lowest BCUT2D eigenvalue weighted by Gasteiger charge is -2.13. The van der Waals surface area contributed by atoms with E-state index in [1.54, 1.807) is 23.7 Å². The van der Waals surface area contributed by atoms with Gasteiger partial charge in [-0.05, 0) is 67.8 Å². The van der Waals surface area contributed by atoms with E-state index in [0.29, 0.717) is 22.9 Å². The van der Waals surface area contributed by atoms with E-state index in [1.807, 2.05) is 49.4 Å². The van der Waals surface area contributed by atoms with Crippen molar-refractivity contribution in [3.63, 3.8) is 0 Å². The van der Waals surface area contributed by atoms with Crippen LogP contribution in [0.3, 0.4) is 0 Å². The van der Waals surface area contributed by atoms with Crippen molar-refractivity contribution >= 4 is 39.6 Å². The fraction of sp³-hybridized carbons (Fsp3) is 0.0800. The Bertz CT molecular complexity index is 1600. The maximum absolute atomic E-state index is 11.8. The highest BCUT2D eigenvalue weighted by Gasteiger charge is 2.09. The molecule has 0 bridgehead atoms. The molecule has 166 valence electrons. The maximum Gasteiger partial charge on any atom is 0.300 e. The number of benzene rings is 2. The highest BCUT2D eigenvalue weighted by molar-refractivity contribution is 6.05. The molecular formula is C25H19N7O2. The number of hydrogen-bond donors (Lipinski definition) is 2. The van der Waals surface area contributed by atoms with Crippen molar-refractivity contribution in [3.8, 4) is 23.3 Å². The molecule has 2 N–H and O–H groups in total. The van der Waals surface area contributed by atoms with Gasteiger partial charge in [0.25, 0.3) is 5.91 Å². The Labute approximate surface area is 194 Å². The molecule has 1 amide bonds. The number of carbonyl (C=O) groups excluding carboxylic acids is 1. The lowest BCUT2D eigenvalue weighted by Crippen LogP contribution is -2.08. The summed E-state index contributed by atoms with van der Waals surface area (Å²) in [5.74, 6) is 6.70. The van der Waals surface area contributed by atoms with Gasteiger partial charge in [-0.3, -0.25) is 4.79 Å². The molecule has 0 unspecified atom stereocenters. The molecule has 9 nitrogen and oxygen atoms in total. The van der Waals surface area contributed by atoms with E-state index in [-0.39, 0.29) is 5.91 Å². The van der Waals surface area contributed by atoms with Crippen LogP contribution in [0.25, 0.3) is 16.6 Å². The Kier molecular flexibility index (Phi) is 5.46. The molecule has 0 saturated heterocycles. The molecule has 0 aliphatic heterocycles. The number of pyridine rings is 1. The molecule has 0 radical (unpaired) electrons. The van der Waals surface area contributed by atoms with Gasteiger partial charge in [-0.2, -0.15) is 5.10 Å². The van der Waals surface area contributed by atoms with E-state index in [1.165, 1.54) is 12.7 Å². The molecule has 3 heterocycles. The number of rotatable bonds is 5. The number of nitrogens with zero attached hydrogens (tertiary/aromatic N) is 5. The SMILES string of the molecule is CC#CC(=O)Nc1ccc2ncnc(Nc3ccc(Oc4ccn5ncnc5c4)c(C)c3)c2c1. The summed E-state index contributed by atoms with van der Waals surface area (Å²) in [6.45, 7) is 3.58. The summed E-state index contributed by atoms with van der Waals surface area (Å²) < 4.78 is 7.72. The first kappa shape index (κ1) is 20.9. The van der Waals surface area contributed by atoms with Crippen molar-refractivity contribution in [1.82, 2.24) is 24.6 Å². The summed E-state index contributed by atoms with van der Waals surface area (Å²) >= 11 is 0. The Balaban J connectivity index is 1.39. The van der Waals surface area contributed by atoms with Gasteiger partial charge in [0.1, 0.15) is 30.0 Å². The summed E-state index contributed by atoms with van der Waals surface area (Å²) in [6, 6.07) is 14.9. The summed E-state index contributed by atoms with van der Waals surface area (Å²) in [4.78, 5) is 24.7. The Morgan fingerprint density at radius 1 is 1.00 bits per heavy atom. The first-order valence-corrected chi connectivity index (χ1v) is 10.4. The quantitative estimate of drug-likeness (QED) is 0.381. The van der Waals surface area contributed by atoms with Crippen LogP contribution in [0.1, 0.15) is 12.5 Å². The number of aromatic nitrogens is 5. The van der Waals surface area contributed by atoms with Crippen LogP contribution in [0.2, 0.25) is 0 Å². The van der Waals surface area contributed by atoms with E-state index in [0.717, 1.165) is 27.9 Å². The second-order valence-corrected chi connectivity index (χ2v) is 7.42. The Hall–Kier alpha value is -4.97. The lowest BCUT2D eigenvalue weighted by molar-refractivity contribution is -0.111. The number of nitrogens with one attached hydrogen (secondary N) is 2. The number of amides is 1. The predicted molar refractivity (Wildman–Crippen MR) is 129 cm³/mol. The highest BCUT2D eigenvalue weighted by atomic mass is 16.5. The largest absolute Gasteiger partial charge is 0.457 e. The number of carbonyl (C=O) groups is 1. The molecule has 34 heavy (non-hydrogen) atoms. The Morgan fingerprint density at radius 3 is 2.74 bits per heavy atom. The molecule has 0 aliphatic rings. The van der Waals surface area contributed by atoms with Gasteiger partial charge in [-0.15, -0.1) is 0 Å². The van der Waals surface area contributed by atoms with Crippen LogP contribution in [0.4, 0.5) is 17.2 Å². The number of ether oxygens (including phenoxy) is 1. The summed E-state index contributed by atoms with van der Waals surface area (Å²) in [5, 5.41) is 10.9. The summed E-state index contributed by atoms with van der Waals surface area (Å²) in [6.07, 6.45) is 4.79. The van der Waals surface area contributed by atoms with Gasteiger partial charge in [-0.1, -0.05) is 5.92 Å². The van der Waals surface area contributed by atoms with Crippen molar-refractivity contribution in [1.29, 1.82) is 0 Å². The van der Waals surface area contributed by atoms with Crippen LogP contribution in [-0.2, 0) is 4.79 Å². The van der Waals surface area contributed by atoms with Crippen molar-refractivity contribution < 1.29 is 9.53 Å². The van der Waals surface area contributed by atoms with Crippen LogP contribution in [0, 0.1) is 18.8 Å². The normalized spacial score (nSPS) is 10.5. The fourth-order valence-electron chi connectivity index (χ4n) is 3.48. The van der Waals surface area contributed by atoms with Gasteiger partial charge >= 0.3 is 0 Å². The minimum Gasteiger partial charge on any atom is -0.457 e. The van der Waals surface area contributed by atoms with Gasteiger partial charge in [-0.25, -0.2) is 19.5 Å². The topological polar surface area (TPSA) is 106 Å². The Morgan fingerprint density at radius 2 is 1.88 bits per heavy atom. The van der Waals surface area contributed by atoms with E-state index in [9.17, 15) is 4.79 Å². The van der Waals surface area contributed by atoms with Gasteiger partial charge in [0.2, 0.25) is 0 Å². The third-order valence-corrected chi connectivity index (χ3v) is 5.05. The van der Waals surface area contributed by atoms with Gasteiger partial charge < -0.3 is 15.4 Å². The molecule has 5 aromatic rings. The number of hydrogen-bond acceptors (Lipinski definition) is 7. The van der Waals surface area contributed by atoms with Crippen LogP contribution in [-0.4, -0.2) is 30.5 Å². The molecule has 5 rings (SSSR count). The van der Waals surface area contributed by atoms with Crippen LogP contribution in [0.5, 0.6) is 11.5 Å². The zero-order valence-electron chi connectivity index (χ0n) is 18.4. The number of fused-ring (bicyclic) bond motifs is 2. The average Bonchev–Trinajstić information content (AvgIpc) is 3.29. The zero-order valence-corrected chi connectivity index (χ0v) is 18.4. The van der Waals surface area contributed by atoms with E-state index in [4.69, 9.17) is 4.74 Å². The first-order chi connectivity index (χ1) is 16.6. The summed E-state index contributed by atoms with van der Waals surface area (Å²) in [7, 11) is 0. The maximum atomic E-state index is 11.8. The van der Waals surface area contributed by atoms with E-state index in [2.05, 4.69) is 42.5 Å². The van der Waals surface area contributed by atoms with E-state index >= 15 is 0 Å². The molecule has 2 aromatic carbocycles. The molecule has 0 spiro atoms. The third kappa shape index (κ3) is 4.33. The van der Waals surface area contributed by atoms with Gasteiger partial charge in [0.15, 0.2) is 5.65 Å². The monoisotopic (exact) mass is 449 g/mol. The lowest BCUT2D eigenvalue weighted by atomic mass is 10.1. The predicted octanol–water partition coefficient (Wildman–Crippen LogP) is 4.48. The van der Waals surface area contributed by atoms with Gasteiger partial charge in [0.05, 0.1) is 5.52 Å². The van der Waals surface area contributed by atoms with Crippen molar-refractivity contribution in [3.05, 3.63) is 72.9 Å². The van der Waals surface area contributed by atoms with Crippen molar-refractivity contribution in [2.45, 2.75) is 13.8 Å². The van der Waals surface area contributed by atoms with Crippen LogP contribution in [0.15, 0.2) is 67.4 Å². The molecule has 0 atom stereocenters. The molecule has 0 saturated carbocycles. The number of aryl methyl sites for hydroxylation is 1. The molecule has 9 heteroatoms. The second-order valence-electron chi connectivity index (χ2n) is 7.42. The third-order valence-electron chi connectivity index (χ3n) is 5.05. The first-order valence-electron chi connectivity index (χ1n) is 10.4. The minimum absolute atomic E-state index is 0.373. The van der Waals surface area contributed by atoms with Gasteiger partial charge in [0, 0.05) is 29.0 Å². The smallest absolute Gasteiger partial charge is 0.300 e. The molecule has 0 aliphatic carbocycles. The summed E-state index contributed by atoms with van der Waals surface area (Å²) in [5.41, 5.74) is 3.85. The molecule has 0 fully saturated rings. The minimum atomic E-state index is -0.373. The average molecular weight is 449 g/mol. The second kappa shape index (κ2) is 8.88. The highest BCUT2D eigenvalue weighted by Crippen LogP contribution is 2.30. The standard InChI is InChI=1S/C25H19N7O2/c1-3-4-24(33)30-18-5-7-21-20(12-18)25(28-14-26-21)31-17-6-8-22(16(2)11-17)34-19-9-10-32-23(13-19)27-15-29-32/h5-15H,1-2H3,(H,30,33)(H,26,28,31). The van der Waals surface area contributed by atoms with Crippen LogP contribution < -0.4 is 15.4 Å².